The number of hydrogen-bond donors (Lipinski definition) is 0. The summed E-state index contributed by atoms with van der Waals surface area (Å²) < 4.78 is 50.9. The molecule has 1 rings (SSSR count). The standard InChI is InChI=1S/C12H22O3.C12H22O2.C9H15F3O2.6CH4/c1-7-12(5,6)10(14)15-8-9(13)11(2,3)4;1-4-12(2,3)11(13)14-10-8-6-5-7-9-10;1-5-8(3,4)7(13)14-6(2)9(10,11)12;;;;;;/h7-8H2,1-6H3;10H,4-9H2,1-3H3;6H,5H2,1-4H3;6*1H4. The van der Waals surface area contributed by atoms with Gasteiger partial charge in [0.25, 0.3) is 0 Å². The highest BCUT2D eigenvalue weighted by atomic mass is 19.4. The Morgan fingerprint density at radius 3 is 1.29 bits per heavy atom. The molecule has 0 aliphatic heterocycles. The summed E-state index contributed by atoms with van der Waals surface area (Å²) >= 11 is 0. The molecule has 0 radical (unpaired) electrons. The van der Waals surface area contributed by atoms with Gasteiger partial charge in [-0.15, -0.1) is 0 Å². The number of halogens is 3. The largest absolute Gasteiger partial charge is 0.462 e. The maximum Gasteiger partial charge on any atom is 0.425 e. The molecule has 49 heavy (non-hydrogen) atoms. The van der Waals surface area contributed by atoms with Gasteiger partial charge < -0.3 is 14.2 Å². The lowest BCUT2D eigenvalue weighted by Crippen LogP contribution is -2.36. The van der Waals surface area contributed by atoms with Gasteiger partial charge in [-0.25, -0.2) is 0 Å². The summed E-state index contributed by atoms with van der Waals surface area (Å²) in [4.78, 5) is 46.0. The van der Waals surface area contributed by atoms with Gasteiger partial charge in [-0.3, -0.25) is 19.2 Å². The van der Waals surface area contributed by atoms with Crippen LogP contribution in [0, 0.1) is 21.7 Å². The molecule has 302 valence electrons. The van der Waals surface area contributed by atoms with Crippen molar-refractivity contribution >= 4 is 23.7 Å². The molecular weight excluding hydrogens is 637 g/mol. The number of rotatable bonds is 10. The predicted molar refractivity (Wildman–Crippen MR) is 203 cm³/mol. The Bertz CT molecular complexity index is 880. The van der Waals surface area contributed by atoms with Crippen molar-refractivity contribution in [2.75, 3.05) is 6.61 Å². The van der Waals surface area contributed by atoms with Crippen molar-refractivity contribution in [3.8, 4) is 0 Å². The minimum Gasteiger partial charge on any atom is -0.462 e. The zero-order valence-electron chi connectivity index (χ0n) is 29.0. The van der Waals surface area contributed by atoms with Crippen LogP contribution in [0.5, 0.6) is 0 Å². The molecule has 0 bridgehead atoms. The average Bonchev–Trinajstić information content (AvgIpc) is 2.91. The van der Waals surface area contributed by atoms with Crippen LogP contribution in [0.15, 0.2) is 0 Å². The Morgan fingerprint density at radius 1 is 0.612 bits per heavy atom. The van der Waals surface area contributed by atoms with Crippen LogP contribution in [-0.2, 0) is 33.4 Å². The van der Waals surface area contributed by atoms with Gasteiger partial charge in [0.1, 0.15) is 6.10 Å². The summed E-state index contributed by atoms with van der Waals surface area (Å²) in [6, 6.07) is 0. The maximum absolute atomic E-state index is 12.0. The minimum atomic E-state index is -4.49. The Hall–Kier alpha value is -2.13. The van der Waals surface area contributed by atoms with Crippen LogP contribution in [0.25, 0.3) is 0 Å². The number of esters is 3. The van der Waals surface area contributed by atoms with Gasteiger partial charge in [0.2, 0.25) is 0 Å². The van der Waals surface area contributed by atoms with Crippen molar-refractivity contribution in [3.63, 3.8) is 0 Å². The first kappa shape index (κ1) is 65.3. The Balaban J connectivity index is -0.0000000809. The Labute approximate surface area is 302 Å². The first-order valence-electron chi connectivity index (χ1n) is 15.5. The van der Waals surface area contributed by atoms with Crippen molar-refractivity contribution in [1.29, 1.82) is 0 Å². The maximum atomic E-state index is 12.0. The average molecular weight is 721 g/mol. The second-order valence-corrected chi connectivity index (χ2v) is 14.2. The Morgan fingerprint density at radius 2 is 0.959 bits per heavy atom. The highest BCUT2D eigenvalue weighted by Crippen LogP contribution is 2.28. The van der Waals surface area contributed by atoms with Crippen molar-refractivity contribution in [2.24, 2.45) is 21.7 Å². The van der Waals surface area contributed by atoms with Crippen LogP contribution in [0.1, 0.15) is 186 Å². The highest BCUT2D eigenvalue weighted by molar-refractivity contribution is 5.87. The number of carbonyl (C=O) groups excluding carboxylic acids is 4. The van der Waals surface area contributed by atoms with Crippen LogP contribution < -0.4 is 0 Å². The fraction of sp³-hybridized carbons (Fsp3) is 0.897. The Kier molecular flexibility index (Phi) is 36.7. The van der Waals surface area contributed by atoms with Crippen LogP contribution in [-0.4, -0.2) is 48.7 Å². The molecule has 0 saturated heterocycles. The first-order chi connectivity index (χ1) is 19.3. The quantitative estimate of drug-likeness (QED) is 0.164. The number of ketones is 1. The monoisotopic (exact) mass is 721 g/mol. The summed E-state index contributed by atoms with van der Waals surface area (Å²) in [5.74, 6) is -1.19. The molecule has 0 heterocycles. The zero-order chi connectivity index (χ0) is 34.4. The van der Waals surface area contributed by atoms with E-state index >= 15 is 0 Å². The smallest absolute Gasteiger partial charge is 0.425 e. The van der Waals surface area contributed by atoms with Gasteiger partial charge in [-0.2, -0.15) is 13.2 Å². The zero-order valence-corrected chi connectivity index (χ0v) is 29.0. The third-order valence-corrected chi connectivity index (χ3v) is 8.05. The van der Waals surface area contributed by atoms with E-state index in [4.69, 9.17) is 9.47 Å². The summed E-state index contributed by atoms with van der Waals surface area (Å²) in [5, 5.41) is 0. The molecule has 7 nitrogen and oxygen atoms in total. The third-order valence-electron chi connectivity index (χ3n) is 8.05. The normalized spacial score (nSPS) is 13.6. The fourth-order valence-electron chi connectivity index (χ4n) is 2.86. The molecule has 1 unspecified atom stereocenters. The molecule has 0 spiro atoms. The van der Waals surface area contributed by atoms with Gasteiger partial charge in [0.05, 0.1) is 16.2 Å². The number of ether oxygens (including phenoxy) is 3. The number of hydrogen-bond acceptors (Lipinski definition) is 7. The van der Waals surface area contributed by atoms with Crippen LogP contribution >= 0.6 is 0 Å². The van der Waals surface area contributed by atoms with E-state index in [1.807, 2.05) is 62.3 Å². The molecule has 0 amide bonds. The summed E-state index contributed by atoms with van der Waals surface area (Å²) in [6.45, 7) is 22.5. The predicted octanol–water partition coefficient (Wildman–Crippen LogP) is 12.6. The second kappa shape index (κ2) is 27.6. The molecule has 0 aromatic heterocycles. The molecule has 1 atom stereocenters. The van der Waals surface area contributed by atoms with E-state index in [2.05, 4.69) is 4.74 Å². The van der Waals surface area contributed by atoms with Crippen molar-refractivity contribution in [1.82, 2.24) is 0 Å². The van der Waals surface area contributed by atoms with E-state index in [0.29, 0.717) is 12.8 Å². The van der Waals surface area contributed by atoms with Crippen LogP contribution in [0.2, 0.25) is 0 Å². The van der Waals surface area contributed by atoms with Crippen molar-refractivity contribution in [3.05, 3.63) is 0 Å². The number of Topliss-reactive ketones (excluding diaryl/α,β-unsaturated/α-hetero) is 1. The first-order valence-corrected chi connectivity index (χ1v) is 15.5. The van der Waals surface area contributed by atoms with Gasteiger partial charge in [0, 0.05) is 5.41 Å². The molecule has 0 aromatic carbocycles. The minimum absolute atomic E-state index is 0. The van der Waals surface area contributed by atoms with E-state index in [-0.39, 0.29) is 80.4 Å². The lowest BCUT2D eigenvalue weighted by molar-refractivity contribution is -0.221. The molecular formula is C39H83F3O7. The fourth-order valence-corrected chi connectivity index (χ4v) is 2.86. The molecule has 1 aliphatic rings. The molecule has 10 heteroatoms. The summed E-state index contributed by atoms with van der Waals surface area (Å²) in [7, 11) is 0. The highest BCUT2D eigenvalue weighted by Gasteiger charge is 2.41. The van der Waals surface area contributed by atoms with Crippen molar-refractivity contribution in [2.45, 2.75) is 204 Å². The number of alkyl halides is 3. The van der Waals surface area contributed by atoms with Crippen LogP contribution in [0.4, 0.5) is 13.2 Å². The van der Waals surface area contributed by atoms with E-state index in [0.717, 1.165) is 26.2 Å². The summed E-state index contributed by atoms with van der Waals surface area (Å²) in [5.41, 5.74) is -2.12. The lowest BCUT2D eigenvalue weighted by atomic mass is 9.90. The van der Waals surface area contributed by atoms with E-state index in [1.54, 1.807) is 20.8 Å². The molecule has 0 N–H and O–H groups in total. The molecule has 1 aliphatic carbocycles. The topological polar surface area (TPSA) is 96.0 Å². The van der Waals surface area contributed by atoms with Crippen molar-refractivity contribution < 1.29 is 46.6 Å². The van der Waals surface area contributed by atoms with Gasteiger partial charge in [-0.05, 0) is 93.4 Å². The molecule has 0 aromatic rings. The van der Waals surface area contributed by atoms with E-state index in [1.165, 1.54) is 19.3 Å². The lowest BCUT2D eigenvalue weighted by Gasteiger charge is -2.27. The third kappa shape index (κ3) is 26.4. The van der Waals surface area contributed by atoms with Gasteiger partial charge in [-0.1, -0.05) is 92.5 Å². The van der Waals surface area contributed by atoms with Gasteiger partial charge in [0.15, 0.2) is 18.5 Å². The van der Waals surface area contributed by atoms with E-state index < -0.39 is 34.5 Å². The molecule has 1 saturated carbocycles. The summed E-state index contributed by atoms with van der Waals surface area (Å²) in [6.07, 6.45) is 1.50. The van der Waals surface area contributed by atoms with E-state index in [9.17, 15) is 32.3 Å². The SMILES string of the molecule is C.C.C.C.C.C.CCC(C)(C)C(=O)OC(C)C(F)(F)F.CCC(C)(C)C(=O)OC1CCCCC1.CCC(C)(C)C(=O)OCC(=O)C(C)(C)C. The van der Waals surface area contributed by atoms with Gasteiger partial charge >= 0.3 is 24.1 Å². The van der Waals surface area contributed by atoms with Crippen LogP contribution in [0.3, 0.4) is 0 Å². The second-order valence-electron chi connectivity index (χ2n) is 14.2. The molecule has 1 fully saturated rings. The number of carbonyl (C=O) groups is 4.